The van der Waals surface area contributed by atoms with Crippen LogP contribution in [0, 0.1) is 0 Å². The van der Waals surface area contributed by atoms with Crippen molar-refractivity contribution in [1.82, 2.24) is 0 Å². The van der Waals surface area contributed by atoms with E-state index in [1.165, 1.54) is 0 Å². The summed E-state index contributed by atoms with van der Waals surface area (Å²) in [6.45, 7) is 1.04. The van der Waals surface area contributed by atoms with Gasteiger partial charge in [-0.3, -0.25) is 0 Å². The minimum absolute atomic E-state index is 0.313. The molecular weight excluding hydrogens is 192 g/mol. The highest BCUT2D eigenvalue weighted by Gasteiger charge is 2.05. The van der Waals surface area contributed by atoms with Gasteiger partial charge < -0.3 is 16.2 Å². The minimum Gasteiger partial charge on any atom is -0.462 e. The molecule has 0 heterocycles. The molecule has 0 fully saturated rings. The lowest BCUT2D eigenvalue weighted by Gasteiger charge is -2.04. The van der Waals surface area contributed by atoms with E-state index in [0.717, 1.165) is 12.8 Å². The third-order valence-corrected chi connectivity index (χ3v) is 1.98. The van der Waals surface area contributed by atoms with E-state index in [9.17, 15) is 4.79 Å². The molecule has 1 aromatic rings. The molecule has 0 atom stereocenters. The average Bonchev–Trinajstić information content (AvgIpc) is 2.25. The summed E-state index contributed by atoms with van der Waals surface area (Å²) in [6.07, 6.45) is 1.67. The molecule has 0 saturated heterocycles. The van der Waals surface area contributed by atoms with E-state index in [4.69, 9.17) is 16.2 Å². The fourth-order valence-corrected chi connectivity index (χ4v) is 1.11. The van der Waals surface area contributed by atoms with Gasteiger partial charge in [0.25, 0.3) is 0 Å². The summed E-state index contributed by atoms with van der Waals surface area (Å²) in [6, 6.07) is 6.66. The number of carbonyl (C=O) groups excluding carboxylic acids is 1. The smallest absolute Gasteiger partial charge is 0.338 e. The molecule has 0 aromatic heterocycles. The number of hydrogen-bond acceptors (Lipinski definition) is 4. The molecule has 15 heavy (non-hydrogen) atoms. The van der Waals surface area contributed by atoms with E-state index in [1.807, 2.05) is 0 Å². The van der Waals surface area contributed by atoms with E-state index in [1.54, 1.807) is 24.3 Å². The summed E-state index contributed by atoms with van der Waals surface area (Å²) in [5.41, 5.74) is 12.0. The summed E-state index contributed by atoms with van der Waals surface area (Å²) in [5.74, 6) is -0.313. The number of carbonyl (C=O) groups is 1. The fraction of sp³-hybridized carbons (Fsp3) is 0.364. The van der Waals surface area contributed by atoms with Crippen molar-refractivity contribution in [3.63, 3.8) is 0 Å². The Balaban J connectivity index is 2.37. The highest BCUT2D eigenvalue weighted by atomic mass is 16.5. The highest BCUT2D eigenvalue weighted by molar-refractivity contribution is 5.89. The first-order valence-corrected chi connectivity index (χ1v) is 4.97. The van der Waals surface area contributed by atoms with E-state index in [0.29, 0.717) is 24.4 Å². The van der Waals surface area contributed by atoms with Crippen LogP contribution in [0.4, 0.5) is 5.69 Å². The fourth-order valence-electron chi connectivity index (χ4n) is 1.11. The number of ether oxygens (including phenoxy) is 1. The lowest BCUT2D eigenvalue weighted by Crippen LogP contribution is -2.08. The minimum atomic E-state index is -0.313. The molecule has 0 spiro atoms. The van der Waals surface area contributed by atoms with Gasteiger partial charge in [0.15, 0.2) is 0 Å². The number of rotatable bonds is 5. The van der Waals surface area contributed by atoms with Crippen molar-refractivity contribution >= 4 is 11.7 Å². The Morgan fingerprint density at radius 1 is 1.20 bits per heavy atom. The Morgan fingerprint density at radius 3 is 2.47 bits per heavy atom. The molecule has 0 saturated carbocycles. The predicted molar refractivity (Wildman–Crippen MR) is 59.4 cm³/mol. The highest BCUT2D eigenvalue weighted by Crippen LogP contribution is 2.07. The number of unbranched alkanes of at least 4 members (excludes halogenated alkanes) is 1. The zero-order valence-electron chi connectivity index (χ0n) is 8.61. The molecule has 0 aliphatic carbocycles. The largest absolute Gasteiger partial charge is 0.462 e. The predicted octanol–water partition coefficient (Wildman–Crippen LogP) is 1.16. The van der Waals surface area contributed by atoms with Crippen LogP contribution in [0.3, 0.4) is 0 Å². The average molecular weight is 208 g/mol. The van der Waals surface area contributed by atoms with Crippen LogP contribution < -0.4 is 11.5 Å². The number of anilines is 1. The Hall–Kier alpha value is -1.55. The van der Waals surface area contributed by atoms with E-state index in [2.05, 4.69) is 0 Å². The molecule has 0 bridgehead atoms. The molecule has 0 aliphatic rings. The van der Waals surface area contributed by atoms with Crippen LogP contribution in [0.15, 0.2) is 24.3 Å². The molecular formula is C11H16N2O2. The molecule has 0 aliphatic heterocycles. The van der Waals surface area contributed by atoms with Gasteiger partial charge in [0, 0.05) is 5.69 Å². The van der Waals surface area contributed by atoms with Crippen molar-refractivity contribution in [2.24, 2.45) is 5.73 Å². The molecule has 82 valence electrons. The van der Waals surface area contributed by atoms with Crippen LogP contribution in [0.5, 0.6) is 0 Å². The summed E-state index contributed by atoms with van der Waals surface area (Å²) >= 11 is 0. The van der Waals surface area contributed by atoms with Crippen LogP contribution in [0.2, 0.25) is 0 Å². The number of hydrogen-bond donors (Lipinski definition) is 2. The third-order valence-electron chi connectivity index (χ3n) is 1.98. The zero-order chi connectivity index (χ0) is 11.1. The topological polar surface area (TPSA) is 78.3 Å². The van der Waals surface area contributed by atoms with E-state index < -0.39 is 0 Å². The van der Waals surface area contributed by atoms with Crippen molar-refractivity contribution < 1.29 is 9.53 Å². The Bertz CT molecular complexity index is 309. The number of benzene rings is 1. The lowest BCUT2D eigenvalue weighted by molar-refractivity contribution is 0.0499. The van der Waals surface area contributed by atoms with Crippen LogP contribution in [0.25, 0.3) is 0 Å². The van der Waals surface area contributed by atoms with Gasteiger partial charge >= 0.3 is 5.97 Å². The number of nitrogens with two attached hydrogens (primary N) is 2. The molecule has 4 nitrogen and oxygen atoms in total. The van der Waals surface area contributed by atoms with Gasteiger partial charge in [-0.05, 0) is 43.7 Å². The van der Waals surface area contributed by atoms with Crippen molar-refractivity contribution in [2.45, 2.75) is 12.8 Å². The van der Waals surface area contributed by atoms with Gasteiger partial charge in [-0.2, -0.15) is 0 Å². The second-order valence-corrected chi connectivity index (χ2v) is 3.25. The molecule has 0 amide bonds. The number of nitrogen functional groups attached to an aromatic ring is 1. The lowest BCUT2D eigenvalue weighted by atomic mass is 10.2. The Labute approximate surface area is 89.2 Å². The SMILES string of the molecule is NCCCCOC(=O)c1ccc(N)cc1. The van der Waals surface area contributed by atoms with Gasteiger partial charge in [0.1, 0.15) is 0 Å². The van der Waals surface area contributed by atoms with Crippen LogP contribution in [-0.4, -0.2) is 19.1 Å². The third kappa shape index (κ3) is 3.99. The van der Waals surface area contributed by atoms with E-state index in [-0.39, 0.29) is 5.97 Å². The van der Waals surface area contributed by atoms with Gasteiger partial charge in [-0.1, -0.05) is 0 Å². The summed E-state index contributed by atoms with van der Waals surface area (Å²) in [4.78, 5) is 11.4. The molecule has 4 N–H and O–H groups in total. The molecule has 1 rings (SSSR count). The van der Waals surface area contributed by atoms with Crippen molar-refractivity contribution in [3.8, 4) is 0 Å². The monoisotopic (exact) mass is 208 g/mol. The summed E-state index contributed by atoms with van der Waals surface area (Å²) in [5, 5.41) is 0. The summed E-state index contributed by atoms with van der Waals surface area (Å²) < 4.78 is 5.03. The standard InChI is InChI=1S/C11H16N2O2/c12-7-1-2-8-15-11(14)9-3-5-10(13)6-4-9/h3-6H,1-2,7-8,12-13H2. The first kappa shape index (κ1) is 11.5. The normalized spacial score (nSPS) is 9.93. The first-order chi connectivity index (χ1) is 7.24. The van der Waals surface area contributed by atoms with Gasteiger partial charge in [-0.25, -0.2) is 4.79 Å². The van der Waals surface area contributed by atoms with Crippen LogP contribution in [-0.2, 0) is 4.74 Å². The number of esters is 1. The zero-order valence-corrected chi connectivity index (χ0v) is 8.61. The maximum atomic E-state index is 11.4. The van der Waals surface area contributed by atoms with Crippen LogP contribution in [0.1, 0.15) is 23.2 Å². The second kappa shape index (κ2) is 6.03. The first-order valence-electron chi connectivity index (χ1n) is 4.97. The maximum absolute atomic E-state index is 11.4. The van der Waals surface area contributed by atoms with Crippen molar-refractivity contribution in [3.05, 3.63) is 29.8 Å². The maximum Gasteiger partial charge on any atom is 0.338 e. The van der Waals surface area contributed by atoms with Gasteiger partial charge in [-0.15, -0.1) is 0 Å². The molecule has 1 aromatic carbocycles. The summed E-state index contributed by atoms with van der Waals surface area (Å²) in [7, 11) is 0. The van der Waals surface area contributed by atoms with Crippen molar-refractivity contribution in [1.29, 1.82) is 0 Å². The molecule has 0 radical (unpaired) electrons. The Morgan fingerprint density at radius 2 is 1.87 bits per heavy atom. The van der Waals surface area contributed by atoms with Gasteiger partial charge in [0.2, 0.25) is 0 Å². The Kier molecular flexibility index (Phi) is 4.63. The van der Waals surface area contributed by atoms with E-state index >= 15 is 0 Å². The van der Waals surface area contributed by atoms with Crippen LogP contribution >= 0.6 is 0 Å². The molecule has 4 heteroatoms. The quantitative estimate of drug-likeness (QED) is 0.432. The molecule has 0 unspecified atom stereocenters. The second-order valence-electron chi connectivity index (χ2n) is 3.25. The van der Waals surface area contributed by atoms with Crippen molar-refractivity contribution in [2.75, 3.05) is 18.9 Å². The van der Waals surface area contributed by atoms with Gasteiger partial charge in [0.05, 0.1) is 12.2 Å².